The van der Waals surface area contributed by atoms with Gasteiger partial charge in [-0.15, -0.1) is 0 Å². The number of nitrogens with zero attached hydrogens (tertiary/aromatic N) is 2. The molecule has 0 bridgehead atoms. The van der Waals surface area contributed by atoms with Crippen LogP contribution in [0.15, 0.2) is 29.2 Å². The van der Waals surface area contributed by atoms with E-state index in [4.69, 9.17) is 12.2 Å². The molecule has 7 heteroatoms. The Morgan fingerprint density at radius 2 is 2.14 bits per heavy atom. The predicted octanol–water partition coefficient (Wildman–Crippen LogP) is 3.60. The molecule has 1 amide bonds. The van der Waals surface area contributed by atoms with Crippen molar-refractivity contribution in [3.8, 4) is 0 Å². The van der Waals surface area contributed by atoms with Gasteiger partial charge in [-0.3, -0.25) is 19.8 Å². The van der Waals surface area contributed by atoms with Gasteiger partial charge in [-0.25, -0.2) is 0 Å². The highest BCUT2D eigenvalue weighted by Gasteiger charge is 2.31. The molecule has 0 unspecified atom stereocenters. The van der Waals surface area contributed by atoms with Crippen molar-refractivity contribution >= 4 is 46.0 Å². The van der Waals surface area contributed by atoms with Crippen molar-refractivity contribution in [3.05, 3.63) is 44.8 Å². The Kier molecular flexibility index (Phi) is 5.08. The second-order valence-corrected chi connectivity index (χ2v) is 6.18. The number of rotatable bonds is 5. The van der Waals surface area contributed by atoms with E-state index in [-0.39, 0.29) is 11.6 Å². The smallest absolute Gasteiger partial charge is 0.276 e. The van der Waals surface area contributed by atoms with E-state index >= 15 is 0 Å². The summed E-state index contributed by atoms with van der Waals surface area (Å²) in [7, 11) is 0. The number of carbonyl (C=O) groups is 1. The van der Waals surface area contributed by atoms with Gasteiger partial charge in [0, 0.05) is 12.6 Å². The lowest BCUT2D eigenvalue weighted by Crippen LogP contribution is -2.28. The number of unbranched alkanes of at least 4 members (excludes halogenated alkanes) is 1. The van der Waals surface area contributed by atoms with Gasteiger partial charge in [0.15, 0.2) is 0 Å². The summed E-state index contributed by atoms with van der Waals surface area (Å²) in [6, 6.07) is 6.35. The zero-order valence-electron chi connectivity index (χ0n) is 11.4. The number of hydrogen-bond donors (Lipinski definition) is 0. The Morgan fingerprint density at radius 3 is 2.81 bits per heavy atom. The second-order valence-electron chi connectivity index (χ2n) is 4.50. The SMILES string of the molecule is CCCCN1C(=O)C(=Cc2ccccc2[N+](=O)[O-])SC1=S. The molecule has 1 aliphatic rings. The van der Waals surface area contributed by atoms with Crippen molar-refractivity contribution in [2.24, 2.45) is 0 Å². The van der Waals surface area contributed by atoms with Gasteiger partial charge in [0.2, 0.25) is 0 Å². The quantitative estimate of drug-likeness (QED) is 0.359. The fourth-order valence-corrected chi connectivity index (χ4v) is 3.23. The number of thiocarbonyl (C=S) groups is 1. The lowest BCUT2D eigenvalue weighted by Gasteiger charge is -2.12. The molecular formula is C14H14N2O3S2. The van der Waals surface area contributed by atoms with Crippen LogP contribution < -0.4 is 0 Å². The molecular weight excluding hydrogens is 308 g/mol. The minimum atomic E-state index is -0.455. The Bertz CT molecular complexity index is 628. The third-order valence-electron chi connectivity index (χ3n) is 3.03. The molecule has 0 N–H and O–H groups in total. The topological polar surface area (TPSA) is 63.5 Å². The molecule has 1 aromatic carbocycles. The fourth-order valence-electron chi connectivity index (χ4n) is 1.93. The van der Waals surface area contributed by atoms with Gasteiger partial charge in [-0.2, -0.15) is 0 Å². The molecule has 21 heavy (non-hydrogen) atoms. The number of carbonyl (C=O) groups excluding carboxylic acids is 1. The van der Waals surface area contributed by atoms with Crippen molar-refractivity contribution in [1.82, 2.24) is 4.90 Å². The van der Waals surface area contributed by atoms with Crippen LogP contribution in [0.1, 0.15) is 25.3 Å². The highest BCUT2D eigenvalue weighted by Crippen LogP contribution is 2.34. The molecule has 1 saturated heterocycles. The number of para-hydroxylation sites is 1. The van der Waals surface area contributed by atoms with Gasteiger partial charge in [-0.05, 0) is 18.6 Å². The van der Waals surface area contributed by atoms with Crippen molar-refractivity contribution in [1.29, 1.82) is 0 Å². The minimum absolute atomic E-state index is 0.0173. The van der Waals surface area contributed by atoms with Crippen LogP contribution in [-0.2, 0) is 4.79 Å². The van der Waals surface area contributed by atoms with Crippen LogP contribution in [0.2, 0.25) is 0 Å². The molecule has 2 rings (SSSR count). The van der Waals surface area contributed by atoms with E-state index in [9.17, 15) is 14.9 Å². The summed E-state index contributed by atoms with van der Waals surface area (Å²) in [6.07, 6.45) is 3.40. The fraction of sp³-hybridized carbons (Fsp3) is 0.286. The molecule has 0 aliphatic carbocycles. The van der Waals surface area contributed by atoms with Crippen LogP contribution in [0.3, 0.4) is 0 Å². The van der Waals surface area contributed by atoms with Gasteiger partial charge in [-0.1, -0.05) is 49.5 Å². The van der Waals surface area contributed by atoms with Gasteiger partial charge in [0.1, 0.15) is 4.32 Å². The molecule has 0 spiro atoms. The summed E-state index contributed by atoms with van der Waals surface area (Å²) >= 11 is 6.40. The maximum Gasteiger partial charge on any atom is 0.276 e. The predicted molar refractivity (Wildman–Crippen MR) is 87.9 cm³/mol. The number of hydrogen-bond acceptors (Lipinski definition) is 5. The second kappa shape index (κ2) is 6.82. The summed E-state index contributed by atoms with van der Waals surface area (Å²) < 4.78 is 0.512. The van der Waals surface area contributed by atoms with Gasteiger partial charge < -0.3 is 0 Å². The summed E-state index contributed by atoms with van der Waals surface area (Å²) in [5.74, 6) is -0.170. The number of amides is 1. The average molecular weight is 322 g/mol. The summed E-state index contributed by atoms with van der Waals surface area (Å²) in [5.41, 5.74) is 0.398. The zero-order chi connectivity index (χ0) is 15.4. The van der Waals surface area contributed by atoms with Crippen LogP contribution in [0, 0.1) is 10.1 Å². The highest BCUT2D eigenvalue weighted by atomic mass is 32.2. The molecule has 1 aliphatic heterocycles. The maximum absolute atomic E-state index is 12.3. The average Bonchev–Trinajstić information content (AvgIpc) is 2.72. The first-order valence-electron chi connectivity index (χ1n) is 6.53. The summed E-state index contributed by atoms with van der Waals surface area (Å²) in [6.45, 7) is 2.64. The van der Waals surface area contributed by atoms with Crippen molar-refractivity contribution < 1.29 is 9.72 Å². The van der Waals surface area contributed by atoms with E-state index in [0.29, 0.717) is 21.3 Å². The van der Waals surface area contributed by atoms with E-state index in [1.165, 1.54) is 17.8 Å². The lowest BCUT2D eigenvalue weighted by molar-refractivity contribution is -0.385. The summed E-state index contributed by atoms with van der Waals surface area (Å²) in [5, 5.41) is 11.0. The van der Waals surface area contributed by atoms with E-state index in [2.05, 4.69) is 0 Å². The molecule has 0 saturated carbocycles. The van der Waals surface area contributed by atoms with Crippen LogP contribution in [0.4, 0.5) is 5.69 Å². The van der Waals surface area contributed by atoms with Gasteiger partial charge in [0.25, 0.3) is 11.6 Å². The molecule has 0 radical (unpaired) electrons. The first kappa shape index (κ1) is 15.7. The van der Waals surface area contributed by atoms with Crippen LogP contribution >= 0.6 is 24.0 Å². The largest absolute Gasteiger partial charge is 0.293 e. The Morgan fingerprint density at radius 1 is 1.43 bits per heavy atom. The van der Waals surface area contributed by atoms with Crippen LogP contribution in [0.25, 0.3) is 6.08 Å². The van der Waals surface area contributed by atoms with Gasteiger partial charge in [0.05, 0.1) is 15.4 Å². The third-order valence-corrected chi connectivity index (χ3v) is 4.41. The van der Waals surface area contributed by atoms with E-state index in [1.807, 2.05) is 6.92 Å². The molecule has 0 atom stereocenters. The van der Waals surface area contributed by atoms with E-state index in [1.54, 1.807) is 29.2 Å². The number of nitro groups is 1. The standard InChI is InChI=1S/C14H14N2O3S2/c1-2-3-8-15-13(17)12(21-14(15)20)9-10-6-4-5-7-11(10)16(18)19/h4-7,9H,2-3,8H2,1H3. The minimum Gasteiger partial charge on any atom is -0.293 e. The maximum atomic E-state index is 12.3. The number of nitro benzene ring substituents is 1. The Labute approximate surface area is 132 Å². The van der Waals surface area contributed by atoms with E-state index < -0.39 is 4.92 Å². The molecule has 1 fully saturated rings. The van der Waals surface area contributed by atoms with E-state index in [0.717, 1.165) is 12.8 Å². The zero-order valence-corrected chi connectivity index (χ0v) is 13.1. The van der Waals surface area contributed by atoms with Gasteiger partial charge >= 0.3 is 0 Å². The van der Waals surface area contributed by atoms with Crippen molar-refractivity contribution in [2.75, 3.05) is 6.54 Å². The molecule has 5 nitrogen and oxygen atoms in total. The summed E-state index contributed by atoms with van der Waals surface area (Å²) in [4.78, 5) is 24.8. The van der Waals surface area contributed by atoms with Crippen LogP contribution in [0.5, 0.6) is 0 Å². The highest BCUT2D eigenvalue weighted by molar-refractivity contribution is 8.26. The van der Waals surface area contributed by atoms with Crippen molar-refractivity contribution in [2.45, 2.75) is 19.8 Å². The molecule has 110 valence electrons. The first-order chi connectivity index (χ1) is 10.0. The molecule has 1 aromatic rings. The monoisotopic (exact) mass is 322 g/mol. The lowest BCUT2D eigenvalue weighted by atomic mass is 10.1. The number of thioether (sulfide) groups is 1. The Hall–Kier alpha value is -1.73. The molecule has 1 heterocycles. The Balaban J connectivity index is 2.29. The number of benzene rings is 1. The normalized spacial score (nSPS) is 16.8. The van der Waals surface area contributed by atoms with Crippen molar-refractivity contribution in [3.63, 3.8) is 0 Å². The first-order valence-corrected chi connectivity index (χ1v) is 7.76. The van der Waals surface area contributed by atoms with Crippen LogP contribution in [-0.4, -0.2) is 26.6 Å². The third kappa shape index (κ3) is 3.48. The molecule has 0 aromatic heterocycles.